The fraction of sp³-hybridized carbons (Fsp3) is 0.250. The Morgan fingerprint density at radius 1 is 1.47 bits per heavy atom. The lowest BCUT2D eigenvalue weighted by molar-refractivity contribution is -0.116. The van der Waals surface area contributed by atoms with Gasteiger partial charge in [0.15, 0.2) is 0 Å². The van der Waals surface area contributed by atoms with E-state index >= 15 is 0 Å². The molecule has 1 N–H and O–H groups in total. The van der Waals surface area contributed by atoms with Crippen LogP contribution in [0.25, 0.3) is 6.08 Å². The molecule has 78 valence electrons. The van der Waals surface area contributed by atoms with Gasteiger partial charge in [-0.15, -0.1) is 0 Å². The van der Waals surface area contributed by atoms with Crippen molar-refractivity contribution in [3.8, 4) is 0 Å². The third-order valence-electron chi connectivity index (χ3n) is 2.20. The molecular formula is C12H12INO. The maximum Gasteiger partial charge on any atom is 0.244 e. The number of rotatable bonds is 3. The van der Waals surface area contributed by atoms with E-state index in [4.69, 9.17) is 0 Å². The zero-order valence-electron chi connectivity index (χ0n) is 8.24. The molecule has 0 aliphatic heterocycles. The molecule has 0 aromatic heterocycles. The lowest BCUT2D eigenvalue weighted by atomic mass is 10.2. The Labute approximate surface area is 103 Å². The summed E-state index contributed by atoms with van der Waals surface area (Å²) in [4.78, 5) is 11.4. The molecule has 15 heavy (non-hydrogen) atoms. The van der Waals surface area contributed by atoms with Crippen LogP contribution in [-0.2, 0) is 4.79 Å². The van der Waals surface area contributed by atoms with Gasteiger partial charge in [-0.25, -0.2) is 0 Å². The maximum atomic E-state index is 11.4. The van der Waals surface area contributed by atoms with Crippen molar-refractivity contribution in [2.75, 3.05) is 0 Å². The van der Waals surface area contributed by atoms with Gasteiger partial charge in [0.25, 0.3) is 0 Å². The smallest absolute Gasteiger partial charge is 0.244 e. The first-order chi connectivity index (χ1) is 7.24. The van der Waals surface area contributed by atoms with Crippen LogP contribution in [0.3, 0.4) is 0 Å². The number of nitrogens with one attached hydrogen (secondary N) is 1. The fourth-order valence-corrected chi connectivity index (χ4v) is 1.83. The predicted octanol–water partition coefficient (Wildman–Crippen LogP) is 2.58. The van der Waals surface area contributed by atoms with E-state index < -0.39 is 0 Å². The highest BCUT2D eigenvalue weighted by atomic mass is 127. The molecule has 0 unspecified atom stereocenters. The third kappa shape index (κ3) is 3.66. The zero-order valence-corrected chi connectivity index (χ0v) is 10.4. The summed E-state index contributed by atoms with van der Waals surface area (Å²) in [5, 5.41) is 2.91. The van der Waals surface area contributed by atoms with E-state index in [1.54, 1.807) is 6.08 Å². The van der Waals surface area contributed by atoms with Crippen molar-refractivity contribution in [2.45, 2.75) is 18.9 Å². The number of carbonyl (C=O) groups is 1. The van der Waals surface area contributed by atoms with Crippen molar-refractivity contribution in [3.05, 3.63) is 39.5 Å². The molecule has 0 bridgehead atoms. The quantitative estimate of drug-likeness (QED) is 0.674. The van der Waals surface area contributed by atoms with Crippen LogP contribution in [0.1, 0.15) is 18.4 Å². The van der Waals surface area contributed by atoms with Gasteiger partial charge in [0.1, 0.15) is 0 Å². The highest BCUT2D eigenvalue weighted by Gasteiger charge is 2.21. The van der Waals surface area contributed by atoms with E-state index in [1.165, 1.54) is 3.57 Å². The number of amides is 1. The molecule has 0 atom stereocenters. The molecule has 3 heteroatoms. The summed E-state index contributed by atoms with van der Waals surface area (Å²) in [5.41, 5.74) is 1.06. The minimum Gasteiger partial charge on any atom is -0.350 e. The van der Waals surface area contributed by atoms with Crippen LogP contribution in [0, 0.1) is 3.57 Å². The minimum absolute atomic E-state index is 0.0105. The Balaban J connectivity index is 1.94. The predicted molar refractivity (Wildman–Crippen MR) is 69.4 cm³/mol. The van der Waals surface area contributed by atoms with E-state index in [1.807, 2.05) is 30.3 Å². The highest BCUT2D eigenvalue weighted by molar-refractivity contribution is 14.1. The van der Waals surface area contributed by atoms with Gasteiger partial charge in [0.2, 0.25) is 5.91 Å². The van der Waals surface area contributed by atoms with Crippen LogP contribution in [-0.4, -0.2) is 11.9 Å². The fourth-order valence-electron chi connectivity index (χ4n) is 1.26. The van der Waals surface area contributed by atoms with Crippen LogP contribution in [0.2, 0.25) is 0 Å². The molecule has 0 spiro atoms. The standard InChI is InChI=1S/C12H12INO/c13-10-3-1-2-9(8-10)4-7-12(15)14-11-5-6-11/h1-4,7-8,11H,5-6H2,(H,14,15)/b7-4+. The highest BCUT2D eigenvalue weighted by Crippen LogP contribution is 2.18. The van der Waals surface area contributed by atoms with Crippen LogP contribution < -0.4 is 5.32 Å². The SMILES string of the molecule is O=C(/C=C/c1cccc(I)c1)NC1CC1. The molecule has 1 saturated carbocycles. The second kappa shape index (κ2) is 4.79. The Hall–Kier alpha value is -0.840. The Morgan fingerprint density at radius 3 is 2.93 bits per heavy atom. The molecule has 2 rings (SSSR count). The summed E-state index contributed by atoms with van der Waals surface area (Å²) in [6.45, 7) is 0. The Morgan fingerprint density at radius 2 is 2.27 bits per heavy atom. The van der Waals surface area contributed by atoms with Gasteiger partial charge in [0.05, 0.1) is 0 Å². The van der Waals surface area contributed by atoms with Gasteiger partial charge in [0, 0.05) is 15.7 Å². The summed E-state index contributed by atoms with van der Waals surface area (Å²) in [7, 11) is 0. The van der Waals surface area contributed by atoms with E-state index in [2.05, 4.69) is 27.9 Å². The average Bonchev–Trinajstić information content (AvgIpc) is 2.99. The van der Waals surface area contributed by atoms with Crippen LogP contribution in [0.15, 0.2) is 30.3 Å². The Bertz CT molecular complexity index is 396. The third-order valence-corrected chi connectivity index (χ3v) is 2.87. The monoisotopic (exact) mass is 313 g/mol. The van der Waals surface area contributed by atoms with Crippen molar-refractivity contribution in [1.82, 2.24) is 5.32 Å². The van der Waals surface area contributed by atoms with Crippen LogP contribution in [0.5, 0.6) is 0 Å². The van der Waals surface area contributed by atoms with Gasteiger partial charge >= 0.3 is 0 Å². The molecule has 1 fully saturated rings. The zero-order chi connectivity index (χ0) is 10.7. The van der Waals surface area contributed by atoms with E-state index in [-0.39, 0.29) is 5.91 Å². The van der Waals surface area contributed by atoms with E-state index in [0.29, 0.717) is 6.04 Å². The summed E-state index contributed by atoms with van der Waals surface area (Å²) >= 11 is 2.26. The lowest BCUT2D eigenvalue weighted by Gasteiger charge is -1.97. The number of benzene rings is 1. The van der Waals surface area contributed by atoms with Crippen LogP contribution >= 0.6 is 22.6 Å². The van der Waals surface area contributed by atoms with Gasteiger partial charge < -0.3 is 5.32 Å². The maximum absolute atomic E-state index is 11.4. The molecule has 1 aliphatic rings. The van der Waals surface area contributed by atoms with Crippen molar-refractivity contribution in [2.24, 2.45) is 0 Å². The van der Waals surface area contributed by atoms with Crippen LogP contribution in [0.4, 0.5) is 0 Å². The van der Waals surface area contributed by atoms with Crippen molar-refractivity contribution in [3.63, 3.8) is 0 Å². The minimum atomic E-state index is 0.0105. The second-order valence-electron chi connectivity index (χ2n) is 3.67. The molecule has 0 saturated heterocycles. The summed E-state index contributed by atoms with van der Waals surface area (Å²) in [6.07, 6.45) is 5.70. The number of carbonyl (C=O) groups excluding carboxylic acids is 1. The molecule has 1 amide bonds. The van der Waals surface area contributed by atoms with Gasteiger partial charge in [-0.2, -0.15) is 0 Å². The molecular weight excluding hydrogens is 301 g/mol. The number of hydrogen-bond donors (Lipinski definition) is 1. The first kappa shape index (κ1) is 10.7. The van der Waals surface area contributed by atoms with Gasteiger partial charge in [-0.3, -0.25) is 4.79 Å². The molecule has 1 aliphatic carbocycles. The van der Waals surface area contributed by atoms with Crippen molar-refractivity contribution >= 4 is 34.6 Å². The molecule has 2 nitrogen and oxygen atoms in total. The molecule has 1 aromatic carbocycles. The van der Waals surface area contributed by atoms with Crippen molar-refractivity contribution < 1.29 is 4.79 Å². The lowest BCUT2D eigenvalue weighted by Crippen LogP contribution is -2.22. The largest absolute Gasteiger partial charge is 0.350 e. The number of halogens is 1. The summed E-state index contributed by atoms with van der Waals surface area (Å²) in [6, 6.07) is 8.48. The topological polar surface area (TPSA) is 29.1 Å². The average molecular weight is 313 g/mol. The molecule has 0 heterocycles. The first-order valence-corrected chi connectivity index (χ1v) is 6.06. The number of hydrogen-bond acceptors (Lipinski definition) is 1. The normalized spacial score (nSPS) is 15.5. The summed E-state index contributed by atoms with van der Waals surface area (Å²) in [5.74, 6) is 0.0105. The molecule has 1 aromatic rings. The summed E-state index contributed by atoms with van der Waals surface area (Å²) < 4.78 is 1.18. The second-order valence-corrected chi connectivity index (χ2v) is 4.92. The van der Waals surface area contributed by atoms with Gasteiger partial charge in [-0.05, 0) is 59.2 Å². The molecule has 0 radical (unpaired) electrons. The first-order valence-electron chi connectivity index (χ1n) is 4.98. The van der Waals surface area contributed by atoms with E-state index in [9.17, 15) is 4.79 Å². The van der Waals surface area contributed by atoms with Crippen molar-refractivity contribution in [1.29, 1.82) is 0 Å². The van der Waals surface area contributed by atoms with Gasteiger partial charge in [-0.1, -0.05) is 12.1 Å². The van der Waals surface area contributed by atoms with E-state index in [0.717, 1.165) is 18.4 Å². The Kier molecular flexibility index (Phi) is 3.41.